The van der Waals surface area contributed by atoms with Crippen molar-refractivity contribution in [2.45, 2.75) is 0 Å². The van der Waals surface area contributed by atoms with Crippen LogP contribution in [0.5, 0.6) is 0 Å². The van der Waals surface area contributed by atoms with E-state index < -0.39 is 0 Å². The normalized spacial score (nSPS) is 10.5. The second-order valence-corrected chi connectivity index (χ2v) is 6.56. The van der Waals surface area contributed by atoms with Crippen LogP contribution in [0, 0.1) is 0 Å². The quantitative estimate of drug-likeness (QED) is 0.459. The fourth-order valence-corrected chi connectivity index (χ4v) is 2.96. The molecule has 28 heavy (non-hydrogen) atoms. The zero-order valence-electron chi connectivity index (χ0n) is 14.8. The van der Waals surface area contributed by atoms with Gasteiger partial charge in [0.1, 0.15) is 5.82 Å². The smallest absolute Gasteiger partial charge is 0.280 e. The van der Waals surface area contributed by atoms with Crippen molar-refractivity contribution >= 4 is 40.5 Å². The molecular weight excluding hydrogens is 372 g/mol. The highest BCUT2D eigenvalue weighted by Gasteiger charge is 2.17. The fourth-order valence-electron chi connectivity index (χ4n) is 2.77. The average Bonchev–Trinajstić information content (AvgIpc) is 3.11. The van der Waals surface area contributed by atoms with E-state index in [2.05, 4.69) is 15.7 Å². The van der Waals surface area contributed by atoms with Crippen LogP contribution in [0.1, 0.15) is 10.4 Å². The summed E-state index contributed by atoms with van der Waals surface area (Å²) >= 11 is 6.05. The maximum atomic E-state index is 13.0. The van der Waals surface area contributed by atoms with Crippen LogP contribution in [0.15, 0.2) is 91.0 Å². The van der Waals surface area contributed by atoms with Crippen molar-refractivity contribution in [3.05, 3.63) is 102 Å². The van der Waals surface area contributed by atoms with Gasteiger partial charge in [-0.2, -0.15) is 4.68 Å². The first-order chi connectivity index (χ1) is 13.7. The van der Waals surface area contributed by atoms with Gasteiger partial charge >= 0.3 is 0 Å². The van der Waals surface area contributed by atoms with Crippen LogP contribution in [0.25, 0.3) is 0 Å². The van der Waals surface area contributed by atoms with E-state index >= 15 is 0 Å². The zero-order chi connectivity index (χ0) is 19.3. The summed E-state index contributed by atoms with van der Waals surface area (Å²) in [6.45, 7) is 0. The molecule has 138 valence electrons. The van der Waals surface area contributed by atoms with Crippen LogP contribution in [-0.2, 0) is 0 Å². The molecule has 1 heterocycles. The maximum absolute atomic E-state index is 13.0. The van der Waals surface area contributed by atoms with Gasteiger partial charge in [-0.1, -0.05) is 54.1 Å². The summed E-state index contributed by atoms with van der Waals surface area (Å²) in [6.07, 6.45) is 0. The molecule has 0 unspecified atom stereocenters. The van der Waals surface area contributed by atoms with Crippen molar-refractivity contribution in [2.75, 3.05) is 10.6 Å². The Labute approximate surface area is 167 Å². The molecule has 0 atom stereocenters. The van der Waals surface area contributed by atoms with Crippen molar-refractivity contribution in [2.24, 2.45) is 0 Å². The lowest BCUT2D eigenvalue weighted by atomic mass is 10.2. The predicted octanol–water partition coefficient (Wildman–Crippen LogP) is 5.71. The molecule has 4 rings (SSSR count). The number of aromatic nitrogens is 2. The second-order valence-electron chi connectivity index (χ2n) is 6.12. The van der Waals surface area contributed by atoms with E-state index in [0.717, 1.165) is 11.4 Å². The molecule has 0 bridgehead atoms. The van der Waals surface area contributed by atoms with E-state index in [0.29, 0.717) is 22.2 Å². The summed E-state index contributed by atoms with van der Waals surface area (Å²) in [5.41, 5.74) is 2.19. The van der Waals surface area contributed by atoms with E-state index in [1.54, 1.807) is 30.3 Å². The highest BCUT2D eigenvalue weighted by Crippen LogP contribution is 2.24. The molecule has 5 nitrogen and oxygen atoms in total. The molecule has 0 saturated carbocycles. The zero-order valence-corrected chi connectivity index (χ0v) is 15.6. The Morgan fingerprint density at radius 2 is 1.43 bits per heavy atom. The van der Waals surface area contributed by atoms with Gasteiger partial charge in [-0.25, -0.2) is 0 Å². The summed E-state index contributed by atoms with van der Waals surface area (Å²) in [5.74, 6) is 0.830. The van der Waals surface area contributed by atoms with E-state index in [1.165, 1.54) is 4.68 Å². The monoisotopic (exact) mass is 388 g/mol. The average molecular weight is 389 g/mol. The van der Waals surface area contributed by atoms with E-state index in [-0.39, 0.29) is 5.91 Å². The lowest BCUT2D eigenvalue weighted by Crippen LogP contribution is -2.16. The lowest BCUT2D eigenvalue weighted by molar-refractivity contribution is 0.0948. The Kier molecular flexibility index (Phi) is 5.08. The van der Waals surface area contributed by atoms with Crippen molar-refractivity contribution in [3.8, 4) is 0 Å². The molecule has 0 fully saturated rings. The van der Waals surface area contributed by atoms with Crippen molar-refractivity contribution in [3.63, 3.8) is 0 Å². The number of carbonyl (C=O) groups is 1. The topological polar surface area (TPSA) is 59.0 Å². The van der Waals surface area contributed by atoms with E-state index in [9.17, 15) is 4.79 Å². The summed E-state index contributed by atoms with van der Waals surface area (Å²) in [5, 5.41) is 11.4. The predicted molar refractivity (Wildman–Crippen MR) is 113 cm³/mol. The van der Waals surface area contributed by atoms with Crippen LogP contribution in [0.3, 0.4) is 0 Å². The number of para-hydroxylation sites is 2. The standard InChI is InChI=1S/C22H17ClN4O/c23-17-9-7-8-16(14-17)22(28)27-21(25-19-12-5-2-6-13-19)15-20(26-27)24-18-10-3-1-4-11-18/h1-15,25H,(H,24,26). The maximum Gasteiger partial charge on any atom is 0.280 e. The number of rotatable bonds is 5. The first-order valence-electron chi connectivity index (χ1n) is 8.73. The van der Waals surface area contributed by atoms with Gasteiger partial charge in [0.25, 0.3) is 5.91 Å². The Bertz CT molecular complexity index is 1090. The molecule has 3 aromatic carbocycles. The number of nitrogens with zero attached hydrogens (tertiary/aromatic N) is 2. The number of nitrogens with one attached hydrogen (secondary N) is 2. The van der Waals surface area contributed by atoms with Gasteiger partial charge in [0.2, 0.25) is 0 Å². The highest BCUT2D eigenvalue weighted by molar-refractivity contribution is 6.31. The summed E-state index contributed by atoms with van der Waals surface area (Å²) in [6, 6.07) is 27.9. The van der Waals surface area contributed by atoms with Crippen LogP contribution in [0.2, 0.25) is 5.02 Å². The minimum Gasteiger partial charge on any atom is -0.340 e. The van der Waals surface area contributed by atoms with Gasteiger partial charge in [-0.05, 0) is 42.5 Å². The van der Waals surface area contributed by atoms with Gasteiger partial charge < -0.3 is 10.6 Å². The third-order valence-corrected chi connectivity index (χ3v) is 4.30. The molecule has 0 saturated heterocycles. The largest absolute Gasteiger partial charge is 0.340 e. The lowest BCUT2D eigenvalue weighted by Gasteiger charge is -2.08. The van der Waals surface area contributed by atoms with Crippen LogP contribution in [0.4, 0.5) is 23.0 Å². The minimum absolute atomic E-state index is 0.276. The summed E-state index contributed by atoms with van der Waals surface area (Å²) in [4.78, 5) is 13.0. The number of carbonyl (C=O) groups excluding carboxylic acids is 1. The Morgan fingerprint density at radius 1 is 0.786 bits per heavy atom. The molecule has 4 aromatic rings. The SMILES string of the molecule is O=C(c1cccc(Cl)c1)n1nc(Nc2ccccc2)cc1Nc1ccccc1. The van der Waals surface area contributed by atoms with E-state index in [1.807, 2.05) is 60.7 Å². The summed E-state index contributed by atoms with van der Waals surface area (Å²) in [7, 11) is 0. The molecule has 0 amide bonds. The highest BCUT2D eigenvalue weighted by atomic mass is 35.5. The van der Waals surface area contributed by atoms with Crippen molar-refractivity contribution < 1.29 is 4.79 Å². The van der Waals surface area contributed by atoms with Gasteiger partial charge in [-0.3, -0.25) is 4.79 Å². The second kappa shape index (κ2) is 7.98. The first-order valence-corrected chi connectivity index (χ1v) is 9.11. The van der Waals surface area contributed by atoms with Gasteiger partial charge in [-0.15, -0.1) is 5.10 Å². The first kappa shape index (κ1) is 17.8. The molecule has 0 aliphatic rings. The molecule has 0 spiro atoms. The van der Waals surface area contributed by atoms with Gasteiger partial charge in [0, 0.05) is 28.0 Å². The minimum atomic E-state index is -0.276. The molecule has 0 aliphatic heterocycles. The molecular formula is C22H17ClN4O. The summed E-state index contributed by atoms with van der Waals surface area (Å²) < 4.78 is 1.34. The van der Waals surface area contributed by atoms with Crippen molar-refractivity contribution in [1.29, 1.82) is 0 Å². The van der Waals surface area contributed by atoms with Crippen LogP contribution >= 0.6 is 11.6 Å². The molecule has 0 aliphatic carbocycles. The number of hydrogen-bond acceptors (Lipinski definition) is 4. The molecule has 2 N–H and O–H groups in total. The number of benzene rings is 3. The fraction of sp³-hybridized carbons (Fsp3) is 0. The third-order valence-electron chi connectivity index (χ3n) is 4.07. The van der Waals surface area contributed by atoms with Crippen molar-refractivity contribution in [1.82, 2.24) is 9.78 Å². The number of hydrogen-bond donors (Lipinski definition) is 2. The number of halogens is 1. The molecule has 1 aromatic heterocycles. The van der Waals surface area contributed by atoms with Gasteiger partial charge in [0.15, 0.2) is 5.82 Å². The molecule has 0 radical (unpaired) electrons. The van der Waals surface area contributed by atoms with Crippen LogP contribution in [-0.4, -0.2) is 15.7 Å². The van der Waals surface area contributed by atoms with E-state index in [4.69, 9.17) is 11.6 Å². The Hall–Kier alpha value is -3.57. The van der Waals surface area contributed by atoms with Gasteiger partial charge in [0.05, 0.1) is 0 Å². The Balaban J connectivity index is 1.71. The van der Waals surface area contributed by atoms with Crippen LogP contribution < -0.4 is 10.6 Å². The Morgan fingerprint density at radius 3 is 2.07 bits per heavy atom. The number of anilines is 4. The third kappa shape index (κ3) is 4.05. The molecule has 6 heteroatoms.